The lowest BCUT2D eigenvalue weighted by molar-refractivity contribution is 0.343. The van der Waals surface area contributed by atoms with Gasteiger partial charge >= 0.3 is 0 Å². The molecule has 0 radical (unpaired) electrons. The van der Waals surface area contributed by atoms with Gasteiger partial charge in [0.25, 0.3) is 0 Å². The zero-order chi connectivity index (χ0) is 17.9. The van der Waals surface area contributed by atoms with Crippen LogP contribution >= 0.6 is 0 Å². The van der Waals surface area contributed by atoms with E-state index in [9.17, 15) is 0 Å². The Balaban J connectivity index is 2.55. The Kier molecular flexibility index (Phi) is 10.1. The summed E-state index contributed by atoms with van der Waals surface area (Å²) >= 11 is 0. The molecule has 0 aromatic carbocycles. The summed E-state index contributed by atoms with van der Waals surface area (Å²) in [5.41, 5.74) is 0. The number of rotatable bonds is 12. The Hall–Kier alpha value is -0.980. The average Bonchev–Trinajstić information content (AvgIpc) is 2.48. The first-order valence-corrected chi connectivity index (χ1v) is 9.18. The molecule has 0 atom stereocenters. The Morgan fingerprint density at radius 3 is 1.92 bits per heavy atom. The number of hydrogen-bond donors (Lipinski definition) is 0. The van der Waals surface area contributed by atoms with E-state index in [4.69, 9.17) is 9.98 Å². The highest BCUT2D eigenvalue weighted by molar-refractivity contribution is 5.98. The van der Waals surface area contributed by atoms with E-state index in [0.717, 1.165) is 70.8 Å². The molecular weight excluding hydrogens is 300 g/mol. The van der Waals surface area contributed by atoms with E-state index in [1.54, 1.807) is 0 Å². The molecule has 1 aliphatic rings. The number of hydrogen-bond acceptors (Lipinski definition) is 6. The topological polar surface area (TPSA) is 37.7 Å². The number of nitrogens with zero attached hydrogens (tertiary/aromatic N) is 6. The van der Waals surface area contributed by atoms with Gasteiger partial charge in [0.1, 0.15) is 18.3 Å². The maximum atomic E-state index is 4.90. The van der Waals surface area contributed by atoms with Gasteiger partial charge in [-0.15, -0.1) is 0 Å². The summed E-state index contributed by atoms with van der Waals surface area (Å²) in [6, 6.07) is 0. The number of aliphatic imine (C=N–C) groups is 2. The molecule has 1 rings (SSSR count). The van der Waals surface area contributed by atoms with Crippen molar-refractivity contribution in [2.24, 2.45) is 9.98 Å². The molecule has 6 nitrogen and oxygen atoms in total. The second-order valence-corrected chi connectivity index (χ2v) is 7.48. The zero-order valence-corrected chi connectivity index (χ0v) is 16.8. The summed E-state index contributed by atoms with van der Waals surface area (Å²) in [5, 5.41) is 0. The third-order valence-corrected chi connectivity index (χ3v) is 4.09. The third-order valence-electron chi connectivity index (χ3n) is 4.09. The first kappa shape index (κ1) is 21.1. The minimum Gasteiger partial charge on any atom is -0.340 e. The van der Waals surface area contributed by atoms with Gasteiger partial charge in [-0.2, -0.15) is 0 Å². The van der Waals surface area contributed by atoms with Crippen LogP contribution < -0.4 is 0 Å². The van der Waals surface area contributed by atoms with Gasteiger partial charge in [0.2, 0.25) is 0 Å². The molecule has 0 aromatic rings. The Morgan fingerprint density at radius 2 is 1.33 bits per heavy atom. The molecular formula is C18H38N6. The van der Waals surface area contributed by atoms with Gasteiger partial charge in [0.05, 0.1) is 0 Å². The van der Waals surface area contributed by atoms with Crippen LogP contribution in [0.5, 0.6) is 0 Å². The monoisotopic (exact) mass is 338 g/mol. The van der Waals surface area contributed by atoms with Crippen LogP contribution in [0.3, 0.4) is 0 Å². The van der Waals surface area contributed by atoms with Crippen LogP contribution in [0.4, 0.5) is 0 Å². The van der Waals surface area contributed by atoms with Crippen LogP contribution in [0, 0.1) is 0 Å². The summed E-state index contributed by atoms with van der Waals surface area (Å²) < 4.78 is 0. The molecule has 0 aromatic heterocycles. The first-order valence-electron chi connectivity index (χ1n) is 9.18. The van der Waals surface area contributed by atoms with Gasteiger partial charge in [-0.1, -0.05) is 0 Å². The van der Waals surface area contributed by atoms with Crippen LogP contribution in [0.2, 0.25) is 0 Å². The summed E-state index contributed by atoms with van der Waals surface area (Å²) in [5.74, 6) is 2.28. The zero-order valence-electron chi connectivity index (χ0n) is 16.8. The smallest absolute Gasteiger partial charge is 0.127 e. The van der Waals surface area contributed by atoms with Crippen LogP contribution in [-0.2, 0) is 0 Å². The van der Waals surface area contributed by atoms with Crippen molar-refractivity contribution in [3.63, 3.8) is 0 Å². The predicted molar refractivity (Wildman–Crippen MR) is 105 cm³/mol. The standard InChI is InChI=1S/C18H38N6/c1-21(2)12-7-10-17-19-16-24(15-9-14-23(5)6)18(20-17)11-8-13-22(3)4/h7-16H2,1-6H3. The van der Waals surface area contributed by atoms with E-state index >= 15 is 0 Å². The van der Waals surface area contributed by atoms with Crippen molar-refractivity contribution < 1.29 is 0 Å². The molecule has 6 heteroatoms. The average molecular weight is 339 g/mol. The highest BCUT2D eigenvalue weighted by Gasteiger charge is 2.16. The van der Waals surface area contributed by atoms with Crippen molar-refractivity contribution >= 4 is 11.7 Å². The fourth-order valence-electron chi connectivity index (χ4n) is 2.74. The van der Waals surface area contributed by atoms with Gasteiger partial charge in [0.15, 0.2) is 0 Å². The van der Waals surface area contributed by atoms with Gasteiger partial charge in [0, 0.05) is 19.4 Å². The van der Waals surface area contributed by atoms with Crippen molar-refractivity contribution in [3.05, 3.63) is 0 Å². The lowest BCUT2D eigenvalue weighted by Crippen LogP contribution is -2.37. The van der Waals surface area contributed by atoms with Crippen molar-refractivity contribution in [2.45, 2.75) is 32.1 Å². The molecule has 0 spiro atoms. The van der Waals surface area contributed by atoms with Gasteiger partial charge in [-0.25, -0.2) is 9.98 Å². The maximum Gasteiger partial charge on any atom is 0.127 e. The Bertz CT molecular complexity index is 400. The van der Waals surface area contributed by atoms with E-state index in [-0.39, 0.29) is 0 Å². The van der Waals surface area contributed by atoms with Crippen molar-refractivity contribution in [1.29, 1.82) is 0 Å². The van der Waals surface area contributed by atoms with E-state index in [2.05, 4.69) is 61.9 Å². The van der Waals surface area contributed by atoms with E-state index < -0.39 is 0 Å². The van der Waals surface area contributed by atoms with Crippen molar-refractivity contribution in [1.82, 2.24) is 19.6 Å². The van der Waals surface area contributed by atoms with Gasteiger partial charge in [-0.3, -0.25) is 0 Å². The van der Waals surface area contributed by atoms with Crippen LogP contribution in [-0.4, -0.2) is 106 Å². The third kappa shape index (κ3) is 9.35. The van der Waals surface area contributed by atoms with Crippen molar-refractivity contribution in [2.75, 3.05) is 75.1 Å². The molecule has 0 fully saturated rings. The van der Waals surface area contributed by atoms with E-state index in [1.807, 2.05) is 0 Å². The van der Waals surface area contributed by atoms with Crippen LogP contribution in [0.1, 0.15) is 32.1 Å². The largest absolute Gasteiger partial charge is 0.340 e. The fraction of sp³-hybridized carbons (Fsp3) is 0.889. The van der Waals surface area contributed by atoms with E-state index in [1.165, 1.54) is 5.84 Å². The fourth-order valence-corrected chi connectivity index (χ4v) is 2.74. The Morgan fingerprint density at radius 1 is 0.792 bits per heavy atom. The molecule has 0 amide bonds. The van der Waals surface area contributed by atoms with Gasteiger partial charge < -0.3 is 19.6 Å². The molecule has 0 saturated carbocycles. The maximum absolute atomic E-state index is 4.90. The Labute approximate surface area is 149 Å². The molecule has 140 valence electrons. The first-order chi connectivity index (χ1) is 11.4. The molecule has 0 N–H and O–H groups in total. The van der Waals surface area contributed by atoms with Gasteiger partial charge in [-0.05, 0) is 81.2 Å². The second-order valence-electron chi connectivity index (χ2n) is 7.48. The molecule has 0 bridgehead atoms. The SMILES string of the molecule is CN(C)CCCC1=NCN(CCCN(C)C)C(CCCN(C)C)=N1. The summed E-state index contributed by atoms with van der Waals surface area (Å²) in [4.78, 5) is 18.7. The molecule has 1 aliphatic heterocycles. The molecule has 24 heavy (non-hydrogen) atoms. The van der Waals surface area contributed by atoms with Crippen molar-refractivity contribution in [3.8, 4) is 0 Å². The normalized spacial score (nSPS) is 15.5. The highest BCUT2D eigenvalue weighted by atomic mass is 15.3. The minimum absolute atomic E-state index is 0.783. The molecule has 1 heterocycles. The second kappa shape index (κ2) is 11.6. The summed E-state index contributed by atoms with van der Waals surface area (Å²) in [7, 11) is 12.8. The summed E-state index contributed by atoms with van der Waals surface area (Å²) in [6.07, 6.45) is 5.47. The van der Waals surface area contributed by atoms with Crippen LogP contribution in [0.15, 0.2) is 9.98 Å². The highest BCUT2D eigenvalue weighted by Crippen LogP contribution is 2.11. The minimum atomic E-state index is 0.783. The lowest BCUT2D eigenvalue weighted by atomic mass is 10.2. The van der Waals surface area contributed by atoms with E-state index in [0.29, 0.717) is 0 Å². The molecule has 0 saturated heterocycles. The number of amidine groups is 2. The predicted octanol–water partition coefficient (Wildman–Crippen LogP) is 1.69. The molecule has 0 unspecified atom stereocenters. The summed E-state index contributed by atoms with van der Waals surface area (Å²) in [6.45, 7) is 5.15. The van der Waals surface area contributed by atoms with Crippen LogP contribution in [0.25, 0.3) is 0 Å². The quantitative estimate of drug-likeness (QED) is 0.543. The molecule has 0 aliphatic carbocycles. The lowest BCUT2D eigenvalue weighted by Gasteiger charge is -2.29.